The highest BCUT2D eigenvalue weighted by Gasteiger charge is 2.16. The Labute approximate surface area is 107 Å². The van der Waals surface area contributed by atoms with Crippen molar-refractivity contribution in [2.75, 3.05) is 0 Å². The van der Waals surface area contributed by atoms with Gasteiger partial charge >= 0.3 is 0 Å². The fourth-order valence-electron chi connectivity index (χ4n) is 2.50. The summed E-state index contributed by atoms with van der Waals surface area (Å²) in [4.78, 5) is 8.91. The molecule has 4 heteroatoms. The van der Waals surface area contributed by atoms with Crippen molar-refractivity contribution in [3.63, 3.8) is 0 Å². The zero-order valence-electron chi connectivity index (χ0n) is 10.6. The molecule has 0 amide bonds. The SMILES string of the molecule is C[C@H](N)c1ccc(-n2cnc3c2CCCC3)cn1. The van der Waals surface area contributed by atoms with E-state index in [2.05, 4.69) is 20.6 Å². The van der Waals surface area contributed by atoms with Gasteiger partial charge in [-0.3, -0.25) is 4.98 Å². The Morgan fingerprint density at radius 2 is 2.06 bits per heavy atom. The van der Waals surface area contributed by atoms with Crippen molar-refractivity contribution in [2.24, 2.45) is 5.73 Å². The highest BCUT2D eigenvalue weighted by atomic mass is 15.1. The van der Waals surface area contributed by atoms with Crippen LogP contribution in [0.1, 0.15) is 42.9 Å². The van der Waals surface area contributed by atoms with Crippen LogP contribution in [0.25, 0.3) is 5.69 Å². The maximum absolute atomic E-state index is 5.81. The number of rotatable bonds is 2. The van der Waals surface area contributed by atoms with Crippen molar-refractivity contribution >= 4 is 0 Å². The lowest BCUT2D eigenvalue weighted by Gasteiger charge is -2.14. The van der Waals surface area contributed by atoms with Gasteiger partial charge < -0.3 is 10.3 Å². The van der Waals surface area contributed by atoms with E-state index in [0.717, 1.165) is 24.2 Å². The third-order valence-electron chi connectivity index (χ3n) is 3.55. The van der Waals surface area contributed by atoms with Gasteiger partial charge in [0, 0.05) is 11.7 Å². The Balaban J connectivity index is 1.97. The van der Waals surface area contributed by atoms with E-state index >= 15 is 0 Å². The summed E-state index contributed by atoms with van der Waals surface area (Å²) in [5.74, 6) is 0. The van der Waals surface area contributed by atoms with Gasteiger partial charge in [0.25, 0.3) is 0 Å². The molecule has 1 aliphatic rings. The average Bonchev–Trinajstić information content (AvgIpc) is 2.82. The van der Waals surface area contributed by atoms with E-state index < -0.39 is 0 Å². The van der Waals surface area contributed by atoms with Gasteiger partial charge in [-0.2, -0.15) is 0 Å². The Bertz CT molecular complexity index is 539. The zero-order valence-corrected chi connectivity index (χ0v) is 10.6. The van der Waals surface area contributed by atoms with Crippen molar-refractivity contribution in [1.29, 1.82) is 0 Å². The van der Waals surface area contributed by atoms with Crippen LogP contribution in [0.3, 0.4) is 0 Å². The fourth-order valence-corrected chi connectivity index (χ4v) is 2.50. The maximum Gasteiger partial charge on any atom is 0.0998 e. The van der Waals surface area contributed by atoms with Gasteiger partial charge in [-0.05, 0) is 44.7 Å². The van der Waals surface area contributed by atoms with E-state index in [-0.39, 0.29) is 6.04 Å². The number of nitrogens with zero attached hydrogens (tertiary/aromatic N) is 3. The summed E-state index contributed by atoms with van der Waals surface area (Å²) >= 11 is 0. The standard InChI is InChI=1S/C14H18N4/c1-10(15)12-7-6-11(8-16-12)18-9-17-13-4-2-3-5-14(13)18/h6-10H,2-5,15H2,1H3/t10-/m0/s1. The van der Waals surface area contributed by atoms with Crippen LogP contribution >= 0.6 is 0 Å². The number of fused-ring (bicyclic) bond motifs is 1. The first-order valence-electron chi connectivity index (χ1n) is 6.52. The Morgan fingerprint density at radius 1 is 1.22 bits per heavy atom. The van der Waals surface area contributed by atoms with Gasteiger partial charge in [-0.25, -0.2) is 4.98 Å². The van der Waals surface area contributed by atoms with Crippen LogP contribution in [-0.4, -0.2) is 14.5 Å². The molecule has 0 saturated heterocycles. The van der Waals surface area contributed by atoms with Crippen molar-refractivity contribution in [2.45, 2.75) is 38.6 Å². The molecule has 2 N–H and O–H groups in total. The zero-order chi connectivity index (χ0) is 12.5. The molecule has 0 saturated carbocycles. The van der Waals surface area contributed by atoms with E-state index in [0.29, 0.717) is 0 Å². The first kappa shape index (κ1) is 11.4. The van der Waals surface area contributed by atoms with Crippen molar-refractivity contribution < 1.29 is 0 Å². The molecule has 0 aliphatic heterocycles. The van der Waals surface area contributed by atoms with E-state index in [4.69, 9.17) is 5.73 Å². The van der Waals surface area contributed by atoms with Crippen molar-refractivity contribution in [1.82, 2.24) is 14.5 Å². The second-order valence-electron chi connectivity index (χ2n) is 4.95. The van der Waals surface area contributed by atoms with E-state index in [9.17, 15) is 0 Å². The summed E-state index contributed by atoms with van der Waals surface area (Å²) in [6, 6.07) is 4.05. The molecule has 0 unspecified atom stereocenters. The highest BCUT2D eigenvalue weighted by Crippen LogP contribution is 2.23. The quantitative estimate of drug-likeness (QED) is 0.878. The summed E-state index contributed by atoms with van der Waals surface area (Å²) in [5.41, 5.74) is 10.4. The number of aromatic nitrogens is 3. The third-order valence-corrected chi connectivity index (χ3v) is 3.55. The van der Waals surface area contributed by atoms with Gasteiger partial charge in [0.2, 0.25) is 0 Å². The molecule has 0 spiro atoms. The van der Waals surface area contributed by atoms with Crippen LogP contribution in [0.2, 0.25) is 0 Å². The minimum Gasteiger partial charge on any atom is -0.323 e. The van der Waals surface area contributed by atoms with Crippen molar-refractivity contribution in [3.8, 4) is 5.69 Å². The summed E-state index contributed by atoms with van der Waals surface area (Å²) in [6.07, 6.45) is 8.53. The van der Waals surface area contributed by atoms with E-state index in [1.807, 2.05) is 25.5 Å². The topological polar surface area (TPSA) is 56.7 Å². The minimum atomic E-state index is -0.0178. The molecule has 4 nitrogen and oxygen atoms in total. The lowest BCUT2D eigenvalue weighted by molar-refractivity contribution is 0.655. The van der Waals surface area contributed by atoms with Crippen LogP contribution in [0.5, 0.6) is 0 Å². The van der Waals surface area contributed by atoms with Gasteiger partial charge in [-0.15, -0.1) is 0 Å². The molecule has 0 fully saturated rings. The molecule has 2 aromatic rings. The smallest absolute Gasteiger partial charge is 0.0998 e. The van der Waals surface area contributed by atoms with Crippen LogP contribution in [-0.2, 0) is 12.8 Å². The number of imidazole rings is 1. The molecule has 2 heterocycles. The van der Waals surface area contributed by atoms with Crippen LogP contribution < -0.4 is 5.73 Å². The summed E-state index contributed by atoms with van der Waals surface area (Å²) in [7, 11) is 0. The second kappa shape index (κ2) is 4.53. The molecule has 1 aliphatic carbocycles. The molecule has 0 bridgehead atoms. The van der Waals surface area contributed by atoms with Gasteiger partial charge in [0.1, 0.15) is 0 Å². The van der Waals surface area contributed by atoms with E-state index in [1.54, 1.807) is 0 Å². The van der Waals surface area contributed by atoms with Crippen LogP contribution in [0.4, 0.5) is 0 Å². The average molecular weight is 242 g/mol. The number of hydrogen-bond donors (Lipinski definition) is 1. The Kier molecular flexibility index (Phi) is 2.88. The first-order chi connectivity index (χ1) is 8.75. The Hall–Kier alpha value is -1.68. The molecule has 1 atom stereocenters. The summed E-state index contributed by atoms with van der Waals surface area (Å²) < 4.78 is 2.16. The maximum atomic E-state index is 5.81. The summed E-state index contributed by atoms with van der Waals surface area (Å²) in [5, 5.41) is 0. The fraction of sp³-hybridized carbons (Fsp3) is 0.429. The third kappa shape index (κ3) is 1.93. The predicted molar refractivity (Wildman–Crippen MR) is 70.6 cm³/mol. The van der Waals surface area contributed by atoms with Gasteiger partial charge in [0.05, 0.1) is 29.6 Å². The molecule has 94 valence electrons. The monoisotopic (exact) mass is 242 g/mol. The van der Waals surface area contributed by atoms with Crippen molar-refractivity contribution in [3.05, 3.63) is 41.7 Å². The molecule has 0 radical (unpaired) electrons. The second-order valence-corrected chi connectivity index (χ2v) is 4.95. The van der Waals surface area contributed by atoms with E-state index in [1.165, 1.54) is 24.2 Å². The Morgan fingerprint density at radius 3 is 2.78 bits per heavy atom. The number of nitrogens with two attached hydrogens (primary N) is 1. The number of aryl methyl sites for hydroxylation is 1. The molecule has 2 aromatic heterocycles. The normalized spacial score (nSPS) is 16.3. The molecule has 18 heavy (non-hydrogen) atoms. The lowest BCUT2D eigenvalue weighted by atomic mass is 10.0. The molecule has 0 aromatic carbocycles. The molecular formula is C14H18N4. The number of pyridine rings is 1. The van der Waals surface area contributed by atoms with Gasteiger partial charge in [-0.1, -0.05) is 0 Å². The lowest BCUT2D eigenvalue weighted by Crippen LogP contribution is -2.09. The predicted octanol–water partition coefficient (Wildman–Crippen LogP) is 2.17. The highest BCUT2D eigenvalue weighted by molar-refractivity contribution is 5.35. The molecule has 3 rings (SSSR count). The largest absolute Gasteiger partial charge is 0.323 e. The van der Waals surface area contributed by atoms with Crippen LogP contribution in [0.15, 0.2) is 24.7 Å². The first-order valence-corrected chi connectivity index (χ1v) is 6.52. The molecular weight excluding hydrogens is 224 g/mol. The summed E-state index contributed by atoms with van der Waals surface area (Å²) in [6.45, 7) is 1.95. The van der Waals surface area contributed by atoms with Gasteiger partial charge in [0.15, 0.2) is 0 Å². The number of hydrogen-bond acceptors (Lipinski definition) is 3. The van der Waals surface area contributed by atoms with Crippen LogP contribution in [0, 0.1) is 0 Å². The minimum absolute atomic E-state index is 0.0178.